The number of unbranched alkanes of at least 4 members (excludes halogenated alkanes) is 5. The van der Waals surface area contributed by atoms with E-state index in [0.717, 1.165) is 67.5 Å². The second-order valence-corrected chi connectivity index (χ2v) is 20.4. The molecule has 2 amide bonds. The molecule has 1 fully saturated rings. The van der Waals surface area contributed by atoms with Crippen LogP contribution >= 0.6 is 35.2 Å². The number of amides is 2. The SMILES string of the molecule is CC(C)(COP(=O)(O)OP(=O)(O)OCC1OC(n2cnc3c(N)ncnc32)C(O)C1OP(=O)(O)O)C(O)C(=O)NCCC(=O)NCCSC(=O)CCCCCCC/C=C/CCC(=O)O. The van der Waals surface area contributed by atoms with Crippen LogP contribution in [0.25, 0.3) is 11.2 Å². The first-order valence-corrected chi connectivity index (χ1v) is 25.3. The van der Waals surface area contributed by atoms with Crippen molar-refractivity contribution in [3.63, 3.8) is 0 Å². The zero-order valence-corrected chi connectivity index (χ0v) is 38.4. The lowest BCUT2D eigenvalue weighted by molar-refractivity contribution is -0.137. The van der Waals surface area contributed by atoms with Crippen LogP contribution < -0.4 is 16.4 Å². The van der Waals surface area contributed by atoms with Crippen LogP contribution in [0.2, 0.25) is 0 Å². The molecule has 0 aromatic carbocycles. The van der Waals surface area contributed by atoms with E-state index in [1.807, 2.05) is 12.2 Å². The number of carbonyl (C=O) groups excluding carboxylic acids is 3. The number of carbonyl (C=O) groups is 4. The zero-order chi connectivity index (χ0) is 47.7. The third-order valence-electron chi connectivity index (χ3n) is 9.21. The Labute approximate surface area is 371 Å². The van der Waals surface area contributed by atoms with Gasteiger partial charge in [-0.05, 0) is 25.7 Å². The highest BCUT2D eigenvalue weighted by atomic mass is 32.2. The third kappa shape index (κ3) is 19.3. The van der Waals surface area contributed by atoms with Crippen LogP contribution in [0, 0.1) is 5.41 Å². The fraction of sp³-hybridized carbons (Fsp3) is 0.676. The summed E-state index contributed by atoms with van der Waals surface area (Å²) in [5, 5.41) is 35.1. The van der Waals surface area contributed by atoms with Gasteiger partial charge in [-0.15, -0.1) is 0 Å². The number of nitrogen functional groups attached to an aromatic ring is 1. The quantitative estimate of drug-likeness (QED) is 0.0303. The van der Waals surface area contributed by atoms with Gasteiger partial charge in [0.1, 0.15) is 36.3 Å². The summed E-state index contributed by atoms with van der Waals surface area (Å²) < 4.78 is 62.3. The normalized spacial score (nSPS) is 20.5. The van der Waals surface area contributed by atoms with E-state index in [9.17, 15) is 62.7 Å². The second-order valence-electron chi connectivity index (χ2n) is 15.0. The molecule has 0 aliphatic carbocycles. The van der Waals surface area contributed by atoms with Crippen LogP contribution in [0.1, 0.15) is 84.3 Å². The van der Waals surface area contributed by atoms with Crippen molar-refractivity contribution >= 4 is 75.1 Å². The largest absolute Gasteiger partial charge is 0.481 e. The smallest absolute Gasteiger partial charge is 0.481 e. The van der Waals surface area contributed by atoms with E-state index in [0.29, 0.717) is 18.6 Å². The van der Waals surface area contributed by atoms with E-state index in [1.54, 1.807) is 0 Å². The number of thioether (sulfide) groups is 1. The monoisotopic (exact) mass is 991 g/mol. The Morgan fingerprint density at radius 3 is 2.31 bits per heavy atom. The van der Waals surface area contributed by atoms with Gasteiger partial charge in [-0.1, -0.05) is 57.0 Å². The van der Waals surface area contributed by atoms with E-state index in [2.05, 4.69) is 34.4 Å². The lowest BCUT2D eigenvalue weighted by Crippen LogP contribution is -2.46. The van der Waals surface area contributed by atoms with Crippen molar-refractivity contribution in [3.8, 4) is 0 Å². The predicted molar refractivity (Wildman–Crippen MR) is 225 cm³/mol. The number of allylic oxidation sites excluding steroid dienone is 2. The van der Waals surface area contributed by atoms with Gasteiger partial charge in [0.05, 0.1) is 19.5 Å². The number of carboxylic acids is 1. The van der Waals surface area contributed by atoms with Crippen molar-refractivity contribution in [2.75, 3.05) is 37.8 Å². The van der Waals surface area contributed by atoms with Crippen LogP contribution in [-0.4, -0.2) is 134 Å². The van der Waals surface area contributed by atoms with Crippen LogP contribution in [0.3, 0.4) is 0 Å². The molecule has 7 unspecified atom stereocenters. The van der Waals surface area contributed by atoms with Crippen molar-refractivity contribution in [1.29, 1.82) is 0 Å². The molecule has 30 heteroatoms. The summed E-state index contributed by atoms with van der Waals surface area (Å²) >= 11 is 1.10. The van der Waals surface area contributed by atoms with Crippen LogP contribution in [0.15, 0.2) is 24.8 Å². The number of aliphatic hydroxyl groups is 2. The average molecular weight is 992 g/mol. The molecular formula is C34H56N7O19P3S. The lowest BCUT2D eigenvalue weighted by atomic mass is 9.87. The number of phosphoric ester groups is 3. The van der Waals surface area contributed by atoms with Gasteiger partial charge in [0.2, 0.25) is 11.8 Å². The number of fused-ring (bicyclic) bond motifs is 1. The number of ether oxygens (including phenoxy) is 1. The molecule has 0 bridgehead atoms. The Balaban J connectivity index is 1.35. The lowest BCUT2D eigenvalue weighted by Gasteiger charge is -2.30. The Hall–Kier alpha value is -3.23. The molecule has 3 heterocycles. The molecule has 2 aromatic rings. The number of carboxylic acid groups (broad SMARTS) is 1. The van der Waals surface area contributed by atoms with Gasteiger partial charge in [-0.2, -0.15) is 4.31 Å². The fourth-order valence-electron chi connectivity index (χ4n) is 5.87. The minimum atomic E-state index is -5.58. The minimum Gasteiger partial charge on any atom is -0.481 e. The number of phosphoric acid groups is 3. The first-order valence-electron chi connectivity index (χ1n) is 19.8. The average Bonchev–Trinajstić information content (AvgIpc) is 3.76. The van der Waals surface area contributed by atoms with E-state index in [-0.39, 0.29) is 48.0 Å². The van der Waals surface area contributed by atoms with Gasteiger partial charge in [0, 0.05) is 43.5 Å². The van der Waals surface area contributed by atoms with Gasteiger partial charge >= 0.3 is 29.4 Å². The second kappa shape index (κ2) is 25.6. The van der Waals surface area contributed by atoms with Gasteiger partial charge in [0.25, 0.3) is 0 Å². The Morgan fingerprint density at radius 1 is 0.938 bits per heavy atom. The van der Waals surface area contributed by atoms with Crippen molar-refractivity contribution in [1.82, 2.24) is 30.2 Å². The van der Waals surface area contributed by atoms with E-state index >= 15 is 0 Å². The standard InChI is InChI=1S/C34H56N7O19P3S/c1-34(2,29(47)32(48)37-15-14-23(42)36-16-17-64-25(45)13-11-9-7-5-3-4-6-8-10-12-24(43)44)19-57-63(54,55)60-62(52,53)56-18-22-28(59-61(49,50)51)27(46)33(58-22)41-21-40-26-30(35)38-20-39-31(26)41/h6,8,20-22,27-29,33,46-47H,3-5,7,9-19H2,1-2H3,(H,36,42)(H,37,48)(H,43,44)(H,52,53)(H,54,55)(H2,35,38,39)(H2,49,50,51)/b8-6+. The van der Waals surface area contributed by atoms with Gasteiger partial charge in [0.15, 0.2) is 22.8 Å². The summed E-state index contributed by atoms with van der Waals surface area (Å²) in [6.45, 7) is 0.454. The number of nitrogens with zero attached hydrogens (tertiary/aromatic N) is 4. The van der Waals surface area contributed by atoms with Crippen molar-refractivity contribution in [2.45, 2.75) is 109 Å². The number of aliphatic hydroxyl groups excluding tert-OH is 2. The maximum absolute atomic E-state index is 12.7. The van der Waals surface area contributed by atoms with E-state index < -0.39 is 90.5 Å². The number of nitrogens with two attached hydrogens (primary N) is 1. The number of hydrogen-bond donors (Lipinski definition) is 10. The molecule has 7 atom stereocenters. The first kappa shape index (κ1) is 55.1. The molecule has 1 saturated heterocycles. The topological polar surface area (TPSA) is 401 Å². The van der Waals surface area contributed by atoms with Gasteiger partial charge in [-0.25, -0.2) is 28.6 Å². The van der Waals surface area contributed by atoms with E-state index in [1.165, 1.54) is 13.8 Å². The fourth-order valence-corrected chi connectivity index (χ4v) is 9.42. The van der Waals surface area contributed by atoms with Crippen molar-refractivity contribution in [3.05, 3.63) is 24.8 Å². The first-order chi connectivity index (χ1) is 29.9. The molecule has 362 valence electrons. The maximum Gasteiger partial charge on any atom is 0.481 e. The highest BCUT2D eigenvalue weighted by Gasteiger charge is 2.50. The minimum absolute atomic E-state index is 0.00699. The van der Waals surface area contributed by atoms with Crippen LogP contribution in [-0.2, 0) is 55.5 Å². The summed E-state index contributed by atoms with van der Waals surface area (Å²) in [6.07, 6.45) is 3.50. The summed E-state index contributed by atoms with van der Waals surface area (Å²) in [4.78, 5) is 98.5. The molecule has 0 saturated carbocycles. The van der Waals surface area contributed by atoms with Gasteiger partial charge < -0.3 is 56.0 Å². The van der Waals surface area contributed by atoms with Crippen LogP contribution in [0.4, 0.5) is 5.82 Å². The zero-order valence-electron chi connectivity index (χ0n) is 34.9. The number of nitrogens with one attached hydrogen (secondary N) is 2. The number of anilines is 1. The summed E-state index contributed by atoms with van der Waals surface area (Å²) in [5.74, 6) is -1.94. The number of aromatic nitrogens is 4. The van der Waals surface area contributed by atoms with Crippen molar-refractivity contribution in [2.24, 2.45) is 5.41 Å². The molecule has 0 radical (unpaired) electrons. The number of hydrogen-bond acceptors (Lipinski definition) is 19. The molecule has 64 heavy (non-hydrogen) atoms. The number of imidazole rings is 1. The number of aliphatic carboxylic acids is 1. The Kier molecular flexibility index (Phi) is 22.1. The highest BCUT2D eigenvalue weighted by molar-refractivity contribution is 8.13. The molecule has 26 nitrogen and oxygen atoms in total. The third-order valence-corrected chi connectivity index (χ3v) is 13.2. The maximum atomic E-state index is 12.7. The molecule has 11 N–H and O–H groups in total. The molecule has 0 spiro atoms. The highest BCUT2D eigenvalue weighted by Crippen LogP contribution is 2.61. The summed E-state index contributed by atoms with van der Waals surface area (Å²) in [6, 6.07) is 0. The van der Waals surface area contributed by atoms with Gasteiger partial charge in [-0.3, -0.25) is 37.3 Å². The Bertz CT molecular complexity index is 2060. The molecule has 3 rings (SSSR count). The van der Waals surface area contributed by atoms with E-state index in [4.69, 9.17) is 24.6 Å². The summed E-state index contributed by atoms with van der Waals surface area (Å²) in [7, 11) is -16.4. The molecule has 2 aromatic heterocycles. The Morgan fingerprint density at radius 2 is 1.61 bits per heavy atom. The number of rotatable bonds is 30. The molecular weight excluding hydrogens is 935 g/mol. The predicted octanol–water partition coefficient (Wildman–Crippen LogP) is 1.82. The van der Waals surface area contributed by atoms with Crippen molar-refractivity contribution < 1.29 is 90.4 Å². The van der Waals surface area contributed by atoms with Crippen LogP contribution in [0.5, 0.6) is 0 Å². The molecule has 1 aliphatic rings. The molecule has 1 aliphatic heterocycles. The summed E-state index contributed by atoms with van der Waals surface area (Å²) in [5.41, 5.74) is 4.25.